The molecule has 4 rings (SSSR count). The van der Waals surface area contributed by atoms with Crippen molar-refractivity contribution in [2.45, 2.75) is 31.2 Å². The minimum absolute atomic E-state index is 0.250. The highest BCUT2D eigenvalue weighted by Crippen LogP contribution is 2.18. The lowest BCUT2D eigenvalue weighted by atomic mass is 9.98. The fourth-order valence-corrected chi connectivity index (χ4v) is 3.39. The van der Waals surface area contributed by atoms with Crippen LogP contribution in [0.1, 0.15) is 22.5 Å². The summed E-state index contributed by atoms with van der Waals surface area (Å²) in [7, 11) is 1.92. The molecule has 1 aliphatic rings. The largest absolute Gasteiger partial charge is 0.483 e. The SMILES string of the molecule is CN(Cc1ccon1)C[C@H]1OCC[C@H](NC(=O)c2ccc3n[nH]nc3c2)[C@@H]1O.O=CO. The number of H-pyrrole nitrogens is 1. The summed E-state index contributed by atoms with van der Waals surface area (Å²) in [5.74, 6) is -0.259. The van der Waals surface area contributed by atoms with Crippen molar-refractivity contribution in [1.82, 2.24) is 30.8 Å². The zero-order chi connectivity index (χ0) is 22.2. The van der Waals surface area contributed by atoms with Crippen molar-refractivity contribution in [3.63, 3.8) is 0 Å². The molecule has 1 aliphatic heterocycles. The summed E-state index contributed by atoms with van der Waals surface area (Å²) in [6.45, 7) is 1.30. The van der Waals surface area contributed by atoms with Crippen molar-refractivity contribution in [1.29, 1.82) is 0 Å². The Bertz CT molecular complexity index is 977. The molecular formula is C19H24N6O6. The van der Waals surface area contributed by atoms with Gasteiger partial charge in [0.2, 0.25) is 0 Å². The van der Waals surface area contributed by atoms with E-state index in [-0.39, 0.29) is 18.4 Å². The number of amides is 1. The molecular weight excluding hydrogens is 408 g/mol. The number of hydrogen-bond donors (Lipinski definition) is 4. The molecule has 12 nitrogen and oxygen atoms in total. The van der Waals surface area contributed by atoms with Gasteiger partial charge in [0, 0.05) is 31.3 Å². The summed E-state index contributed by atoms with van der Waals surface area (Å²) in [6, 6.07) is 6.50. The number of carbonyl (C=O) groups excluding carboxylic acids is 1. The molecule has 1 fully saturated rings. The Morgan fingerprint density at radius 1 is 1.35 bits per heavy atom. The van der Waals surface area contributed by atoms with Crippen molar-refractivity contribution in [2.75, 3.05) is 20.2 Å². The molecule has 2 aromatic heterocycles. The van der Waals surface area contributed by atoms with Gasteiger partial charge in [0.15, 0.2) is 0 Å². The molecule has 1 amide bonds. The Kier molecular flexibility index (Phi) is 7.65. The molecule has 0 aliphatic carbocycles. The summed E-state index contributed by atoms with van der Waals surface area (Å²) in [5, 5.41) is 34.9. The fourth-order valence-electron chi connectivity index (χ4n) is 3.39. The maximum atomic E-state index is 12.6. The molecule has 3 atom stereocenters. The molecule has 12 heteroatoms. The number of carboxylic acid groups (broad SMARTS) is 1. The highest BCUT2D eigenvalue weighted by atomic mass is 16.5. The van der Waals surface area contributed by atoms with Gasteiger partial charge in [-0.15, -0.1) is 0 Å². The van der Waals surface area contributed by atoms with Gasteiger partial charge in [0.25, 0.3) is 12.4 Å². The van der Waals surface area contributed by atoms with Crippen LogP contribution in [-0.2, 0) is 16.1 Å². The molecule has 0 saturated carbocycles. The zero-order valence-corrected chi connectivity index (χ0v) is 16.8. The summed E-state index contributed by atoms with van der Waals surface area (Å²) in [6.07, 6.45) is 0.849. The number of hydrogen-bond acceptors (Lipinski definition) is 9. The summed E-state index contributed by atoms with van der Waals surface area (Å²) in [5.41, 5.74) is 2.59. The number of aliphatic hydroxyl groups is 1. The van der Waals surface area contributed by atoms with E-state index in [9.17, 15) is 9.90 Å². The molecule has 0 radical (unpaired) electrons. The van der Waals surface area contributed by atoms with Gasteiger partial charge in [-0.2, -0.15) is 15.4 Å². The van der Waals surface area contributed by atoms with Crippen LogP contribution in [-0.4, -0.2) is 86.5 Å². The number of aliphatic hydroxyl groups excluding tert-OH is 1. The Hall–Kier alpha value is -3.35. The average Bonchev–Trinajstić information content (AvgIpc) is 3.42. The number of aromatic nitrogens is 4. The standard InChI is InChI=1S/C18H22N6O4.CH2O2/c1-24(9-12-4-7-28-22-12)10-16-17(25)14(5-6-27-16)19-18(26)11-2-3-13-15(8-11)21-23-20-13;2-1-3/h2-4,7-8,14,16-17,25H,5-6,9-10H2,1H3,(H,19,26)(H,20,21,23);1H,(H,2,3)/t14-,16+,17-;/m0./s1. The predicted octanol–water partition coefficient (Wildman–Crippen LogP) is 0.0269. The molecule has 3 heterocycles. The lowest BCUT2D eigenvalue weighted by Gasteiger charge is -2.37. The van der Waals surface area contributed by atoms with E-state index < -0.39 is 12.2 Å². The lowest BCUT2D eigenvalue weighted by Crippen LogP contribution is -2.55. The van der Waals surface area contributed by atoms with Crippen molar-refractivity contribution < 1.29 is 29.1 Å². The first-order valence-corrected chi connectivity index (χ1v) is 9.58. The van der Waals surface area contributed by atoms with E-state index in [1.807, 2.05) is 11.9 Å². The second kappa shape index (κ2) is 10.6. The van der Waals surface area contributed by atoms with Crippen molar-refractivity contribution in [2.24, 2.45) is 0 Å². The van der Waals surface area contributed by atoms with Gasteiger partial charge in [-0.25, -0.2) is 0 Å². The Morgan fingerprint density at radius 3 is 2.87 bits per heavy atom. The topological polar surface area (TPSA) is 167 Å². The molecule has 0 bridgehead atoms. The molecule has 0 unspecified atom stereocenters. The number of aromatic amines is 1. The van der Waals surface area contributed by atoms with E-state index >= 15 is 0 Å². The predicted molar refractivity (Wildman–Crippen MR) is 107 cm³/mol. The van der Waals surface area contributed by atoms with Gasteiger partial charge in [-0.05, 0) is 31.7 Å². The Morgan fingerprint density at radius 2 is 2.13 bits per heavy atom. The minimum Gasteiger partial charge on any atom is -0.483 e. The number of carbonyl (C=O) groups is 2. The first-order valence-electron chi connectivity index (χ1n) is 9.58. The summed E-state index contributed by atoms with van der Waals surface area (Å²) in [4.78, 5) is 23.0. The number of likely N-dealkylation sites (N-methyl/N-ethyl adjacent to an activating group) is 1. The highest BCUT2D eigenvalue weighted by molar-refractivity contribution is 5.97. The van der Waals surface area contributed by atoms with Crippen molar-refractivity contribution in [3.05, 3.63) is 41.8 Å². The lowest BCUT2D eigenvalue weighted by molar-refractivity contribution is -0.122. The van der Waals surface area contributed by atoms with Gasteiger partial charge >= 0.3 is 0 Å². The molecule has 166 valence electrons. The molecule has 1 saturated heterocycles. The summed E-state index contributed by atoms with van der Waals surface area (Å²) >= 11 is 0. The van der Waals surface area contributed by atoms with Gasteiger partial charge in [-0.1, -0.05) is 5.16 Å². The maximum Gasteiger partial charge on any atom is 0.290 e. The van der Waals surface area contributed by atoms with E-state index in [1.54, 1.807) is 24.3 Å². The summed E-state index contributed by atoms with van der Waals surface area (Å²) < 4.78 is 10.6. The van der Waals surface area contributed by atoms with E-state index in [0.717, 1.165) is 5.69 Å². The average molecular weight is 432 g/mol. The molecule has 4 N–H and O–H groups in total. The monoisotopic (exact) mass is 432 g/mol. The maximum absolute atomic E-state index is 12.6. The van der Waals surface area contributed by atoms with E-state index in [0.29, 0.717) is 42.7 Å². The second-order valence-corrected chi connectivity index (χ2v) is 7.09. The van der Waals surface area contributed by atoms with Gasteiger partial charge in [0.05, 0.1) is 17.8 Å². The fraction of sp³-hybridized carbons (Fsp3) is 0.421. The number of nitrogens with one attached hydrogen (secondary N) is 2. The molecule has 1 aromatic carbocycles. The third-order valence-corrected chi connectivity index (χ3v) is 4.86. The third-order valence-electron chi connectivity index (χ3n) is 4.86. The second-order valence-electron chi connectivity index (χ2n) is 7.09. The van der Waals surface area contributed by atoms with Crippen LogP contribution in [0.3, 0.4) is 0 Å². The first kappa shape index (κ1) is 22.3. The van der Waals surface area contributed by atoms with Crippen LogP contribution in [0.2, 0.25) is 0 Å². The van der Waals surface area contributed by atoms with Crippen LogP contribution < -0.4 is 5.32 Å². The van der Waals surface area contributed by atoms with Crippen molar-refractivity contribution >= 4 is 23.4 Å². The van der Waals surface area contributed by atoms with Crippen LogP contribution >= 0.6 is 0 Å². The van der Waals surface area contributed by atoms with Crippen molar-refractivity contribution in [3.8, 4) is 0 Å². The van der Waals surface area contributed by atoms with Crippen LogP contribution in [0.4, 0.5) is 0 Å². The molecule has 3 aromatic rings. The number of rotatable bonds is 6. The van der Waals surface area contributed by atoms with Gasteiger partial charge < -0.3 is 24.8 Å². The first-order chi connectivity index (χ1) is 15.0. The van der Waals surface area contributed by atoms with Gasteiger partial charge in [0.1, 0.15) is 23.4 Å². The Labute approximate surface area is 177 Å². The number of ether oxygens (including phenoxy) is 1. The Balaban J connectivity index is 0.000000858. The highest BCUT2D eigenvalue weighted by Gasteiger charge is 2.34. The normalized spacial score (nSPS) is 20.8. The van der Waals surface area contributed by atoms with E-state index in [2.05, 4.69) is 25.9 Å². The molecule has 31 heavy (non-hydrogen) atoms. The number of fused-ring (bicyclic) bond motifs is 1. The quantitative estimate of drug-likeness (QED) is 0.390. The van der Waals surface area contributed by atoms with Gasteiger partial charge in [-0.3, -0.25) is 14.5 Å². The van der Waals surface area contributed by atoms with E-state index in [1.165, 1.54) is 6.26 Å². The van der Waals surface area contributed by atoms with Crippen LogP contribution in [0.5, 0.6) is 0 Å². The minimum atomic E-state index is -0.812. The van der Waals surface area contributed by atoms with Crippen LogP contribution in [0.15, 0.2) is 35.1 Å². The number of benzene rings is 1. The van der Waals surface area contributed by atoms with Crippen LogP contribution in [0.25, 0.3) is 11.0 Å². The third kappa shape index (κ3) is 5.84. The van der Waals surface area contributed by atoms with E-state index in [4.69, 9.17) is 19.2 Å². The number of nitrogens with zero attached hydrogens (tertiary/aromatic N) is 4. The van der Waals surface area contributed by atoms with Crippen LogP contribution in [0, 0.1) is 0 Å². The molecule has 0 spiro atoms. The smallest absolute Gasteiger partial charge is 0.290 e. The zero-order valence-electron chi connectivity index (χ0n) is 16.8.